The summed E-state index contributed by atoms with van der Waals surface area (Å²) in [6.07, 6.45) is 4.22. The fourth-order valence-corrected chi connectivity index (χ4v) is 5.66. The molecule has 0 aromatic carbocycles. The smallest absolute Gasteiger partial charge is 0.0982 e. The van der Waals surface area contributed by atoms with Gasteiger partial charge in [-0.05, 0) is 36.0 Å². The van der Waals surface area contributed by atoms with Crippen molar-refractivity contribution in [1.82, 2.24) is 10.3 Å². The van der Waals surface area contributed by atoms with Gasteiger partial charge in [0.15, 0.2) is 0 Å². The molecule has 0 saturated heterocycles. The molecule has 3 rings (SSSR count). The predicted molar refractivity (Wildman–Crippen MR) is 90.7 cm³/mol. The van der Waals surface area contributed by atoms with Crippen molar-refractivity contribution in [1.29, 1.82) is 0 Å². The molecule has 3 heteroatoms. The third-order valence-electron chi connectivity index (χ3n) is 5.95. The summed E-state index contributed by atoms with van der Waals surface area (Å²) in [4.78, 5) is 4.83. The molecule has 21 heavy (non-hydrogen) atoms. The molecule has 0 spiro atoms. The minimum atomic E-state index is 0.167. The van der Waals surface area contributed by atoms with E-state index in [2.05, 4.69) is 52.2 Å². The third kappa shape index (κ3) is 2.57. The van der Waals surface area contributed by atoms with Crippen molar-refractivity contribution in [2.75, 3.05) is 0 Å². The molecule has 1 aromatic rings. The van der Waals surface area contributed by atoms with E-state index in [0.717, 1.165) is 12.5 Å². The Labute approximate surface area is 133 Å². The van der Waals surface area contributed by atoms with E-state index >= 15 is 0 Å². The van der Waals surface area contributed by atoms with Crippen LogP contribution in [0.2, 0.25) is 0 Å². The number of rotatable bonds is 3. The number of nitrogens with zero attached hydrogens (tertiary/aromatic N) is 1. The van der Waals surface area contributed by atoms with Crippen molar-refractivity contribution in [2.24, 2.45) is 16.7 Å². The van der Waals surface area contributed by atoms with Gasteiger partial charge in [0.2, 0.25) is 0 Å². The first-order chi connectivity index (χ1) is 9.63. The van der Waals surface area contributed by atoms with Crippen molar-refractivity contribution >= 4 is 11.3 Å². The van der Waals surface area contributed by atoms with Crippen LogP contribution >= 0.6 is 11.3 Å². The number of fused-ring (bicyclic) bond motifs is 2. The zero-order valence-corrected chi connectivity index (χ0v) is 15.2. The third-order valence-corrected chi connectivity index (χ3v) is 7.27. The van der Waals surface area contributed by atoms with Crippen molar-refractivity contribution in [3.05, 3.63) is 16.1 Å². The minimum Gasteiger partial charge on any atom is -0.307 e. The van der Waals surface area contributed by atoms with Crippen LogP contribution in [0.15, 0.2) is 5.38 Å². The number of hydrogen-bond donors (Lipinski definition) is 1. The standard InChI is InChI=1S/C18H30N2S/c1-16(2,3)15-20-13(11-21-15)10-19-14-17(4,5)12-7-8-18(14,6)9-12/h11-12,14,19H,7-10H2,1-6H3. The Hall–Kier alpha value is -0.410. The molecule has 1 heterocycles. The van der Waals surface area contributed by atoms with Gasteiger partial charge in [-0.1, -0.05) is 41.5 Å². The van der Waals surface area contributed by atoms with E-state index in [0.29, 0.717) is 16.9 Å². The molecular formula is C18H30N2S. The van der Waals surface area contributed by atoms with Crippen LogP contribution in [0, 0.1) is 16.7 Å². The predicted octanol–water partition coefficient (Wildman–Crippen LogP) is 4.75. The molecule has 0 radical (unpaired) electrons. The Morgan fingerprint density at radius 3 is 2.57 bits per heavy atom. The molecule has 0 amide bonds. The van der Waals surface area contributed by atoms with Crippen LogP contribution in [0.5, 0.6) is 0 Å². The molecule has 1 aromatic heterocycles. The largest absolute Gasteiger partial charge is 0.307 e. The minimum absolute atomic E-state index is 0.167. The van der Waals surface area contributed by atoms with Crippen molar-refractivity contribution < 1.29 is 0 Å². The van der Waals surface area contributed by atoms with Gasteiger partial charge in [-0.3, -0.25) is 0 Å². The molecule has 118 valence electrons. The van der Waals surface area contributed by atoms with E-state index in [-0.39, 0.29) is 5.41 Å². The SMILES string of the molecule is CC(C)(C)c1nc(CNC2C3(C)CCC(C3)C2(C)C)cs1. The van der Waals surface area contributed by atoms with E-state index in [4.69, 9.17) is 4.98 Å². The highest BCUT2D eigenvalue weighted by Crippen LogP contribution is 2.62. The monoisotopic (exact) mass is 306 g/mol. The Morgan fingerprint density at radius 1 is 1.33 bits per heavy atom. The Bertz CT molecular complexity index is 521. The van der Waals surface area contributed by atoms with Gasteiger partial charge >= 0.3 is 0 Å². The van der Waals surface area contributed by atoms with E-state index in [9.17, 15) is 0 Å². The maximum Gasteiger partial charge on any atom is 0.0982 e. The van der Waals surface area contributed by atoms with E-state index in [1.165, 1.54) is 30.0 Å². The maximum atomic E-state index is 4.83. The molecule has 2 aliphatic carbocycles. The van der Waals surface area contributed by atoms with Gasteiger partial charge < -0.3 is 5.32 Å². The van der Waals surface area contributed by atoms with Crippen LogP contribution in [0.3, 0.4) is 0 Å². The van der Waals surface area contributed by atoms with Crippen LogP contribution in [0.4, 0.5) is 0 Å². The van der Waals surface area contributed by atoms with Crippen LogP contribution < -0.4 is 5.32 Å². The summed E-state index contributed by atoms with van der Waals surface area (Å²) < 4.78 is 0. The van der Waals surface area contributed by atoms with Gasteiger partial charge in [-0.2, -0.15) is 0 Å². The highest BCUT2D eigenvalue weighted by Gasteiger charge is 2.58. The van der Waals surface area contributed by atoms with E-state index in [1.54, 1.807) is 11.3 Å². The summed E-state index contributed by atoms with van der Waals surface area (Å²) in [6.45, 7) is 15.0. The topological polar surface area (TPSA) is 24.9 Å². The fourth-order valence-electron chi connectivity index (χ4n) is 4.75. The highest BCUT2D eigenvalue weighted by molar-refractivity contribution is 7.09. The first-order valence-corrected chi connectivity index (χ1v) is 9.19. The molecule has 3 unspecified atom stereocenters. The van der Waals surface area contributed by atoms with Gasteiger partial charge in [-0.25, -0.2) is 4.98 Å². The van der Waals surface area contributed by atoms with Gasteiger partial charge in [-0.15, -0.1) is 11.3 Å². The lowest BCUT2D eigenvalue weighted by Crippen LogP contribution is -2.49. The molecule has 1 N–H and O–H groups in total. The average Bonchev–Trinajstić information content (AvgIpc) is 2.98. The van der Waals surface area contributed by atoms with Gasteiger partial charge in [0.25, 0.3) is 0 Å². The second kappa shape index (κ2) is 4.79. The normalized spacial score (nSPS) is 34.6. The summed E-state index contributed by atoms with van der Waals surface area (Å²) in [7, 11) is 0. The zero-order chi connectivity index (χ0) is 15.5. The second-order valence-corrected chi connectivity index (χ2v) is 9.98. The molecule has 3 atom stereocenters. The Kier molecular flexibility index (Phi) is 3.53. The lowest BCUT2D eigenvalue weighted by Gasteiger charge is -2.43. The van der Waals surface area contributed by atoms with Gasteiger partial charge in [0.1, 0.15) is 0 Å². The summed E-state index contributed by atoms with van der Waals surface area (Å²) in [5, 5.41) is 7.35. The van der Waals surface area contributed by atoms with Crippen molar-refractivity contribution in [2.45, 2.75) is 78.8 Å². The highest BCUT2D eigenvalue weighted by atomic mass is 32.1. The summed E-state index contributed by atoms with van der Waals surface area (Å²) in [6, 6.07) is 0.628. The van der Waals surface area contributed by atoms with Crippen LogP contribution in [0.25, 0.3) is 0 Å². The Balaban J connectivity index is 1.69. The molecule has 2 nitrogen and oxygen atoms in total. The average molecular weight is 307 g/mol. The van der Waals surface area contributed by atoms with Crippen molar-refractivity contribution in [3.63, 3.8) is 0 Å². The fraction of sp³-hybridized carbons (Fsp3) is 0.833. The quantitative estimate of drug-likeness (QED) is 0.872. The molecule has 0 aliphatic heterocycles. The summed E-state index contributed by atoms with van der Waals surface area (Å²) in [5.74, 6) is 0.903. The first-order valence-electron chi connectivity index (χ1n) is 8.31. The lowest BCUT2D eigenvalue weighted by molar-refractivity contribution is 0.107. The molecule has 2 aliphatic rings. The van der Waals surface area contributed by atoms with E-state index < -0.39 is 0 Å². The molecular weight excluding hydrogens is 276 g/mol. The second-order valence-electron chi connectivity index (χ2n) is 9.12. The molecule has 2 bridgehead atoms. The molecule has 2 fully saturated rings. The Morgan fingerprint density at radius 2 is 2.05 bits per heavy atom. The van der Waals surface area contributed by atoms with Crippen LogP contribution in [-0.4, -0.2) is 11.0 Å². The van der Waals surface area contributed by atoms with Gasteiger partial charge in [0, 0.05) is 23.4 Å². The van der Waals surface area contributed by atoms with E-state index in [1.807, 2.05) is 0 Å². The lowest BCUT2D eigenvalue weighted by atomic mass is 9.68. The number of thiazole rings is 1. The maximum absolute atomic E-state index is 4.83. The number of nitrogens with one attached hydrogen (secondary N) is 1. The zero-order valence-electron chi connectivity index (χ0n) is 14.4. The van der Waals surface area contributed by atoms with Gasteiger partial charge in [0.05, 0.1) is 10.7 Å². The number of aromatic nitrogens is 1. The number of hydrogen-bond acceptors (Lipinski definition) is 3. The molecule has 2 saturated carbocycles. The summed E-state index contributed by atoms with van der Waals surface area (Å²) >= 11 is 1.80. The first kappa shape index (κ1) is 15.5. The summed E-state index contributed by atoms with van der Waals surface area (Å²) in [5.41, 5.74) is 2.31. The van der Waals surface area contributed by atoms with Crippen molar-refractivity contribution in [3.8, 4) is 0 Å². The van der Waals surface area contributed by atoms with Crippen LogP contribution in [0.1, 0.15) is 71.5 Å². The van der Waals surface area contributed by atoms with Crippen LogP contribution in [-0.2, 0) is 12.0 Å².